The van der Waals surface area contributed by atoms with Crippen LogP contribution in [0.2, 0.25) is 0 Å². The summed E-state index contributed by atoms with van der Waals surface area (Å²) in [7, 11) is 1.99. The van der Waals surface area contributed by atoms with Gasteiger partial charge in [0.05, 0.1) is 13.1 Å². The average Bonchev–Trinajstić information content (AvgIpc) is 3.12. The highest BCUT2D eigenvalue weighted by atomic mass is 32.2. The molecule has 0 spiro atoms. The van der Waals surface area contributed by atoms with Crippen molar-refractivity contribution in [1.82, 2.24) is 30.3 Å². The van der Waals surface area contributed by atoms with Crippen molar-refractivity contribution in [3.8, 4) is 0 Å². The number of benzene rings is 1. The molecule has 2 N–H and O–H groups in total. The second-order valence-corrected chi connectivity index (χ2v) is 9.15. The van der Waals surface area contributed by atoms with Gasteiger partial charge in [0.2, 0.25) is 0 Å². The summed E-state index contributed by atoms with van der Waals surface area (Å²) in [4.78, 5) is 7.37. The van der Waals surface area contributed by atoms with Crippen molar-refractivity contribution in [1.29, 1.82) is 0 Å². The summed E-state index contributed by atoms with van der Waals surface area (Å²) >= 11 is 1.87. The lowest BCUT2D eigenvalue weighted by Gasteiger charge is -2.26. The summed E-state index contributed by atoms with van der Waals surface area (Å²) in [5.41, 5.74) is 2.61. The van der Waals surface area contributed by atoms with Gasteiger partial charge in [0.15, 0.2) is 11.8 Å². The molecule has 1 aromatic carbocycles. The minimum Gasteiger partial charge on any atom is -0.356 e. The van der Waals surface area contributed by atoms with Crippen molar-refractivity contribution in [2.75, 3.05) is 31.6 Å². The maximum absolute atomic E-state index is 4.81. The highest BCUT2D eigenvalue weighted by molar-refractivity contribution is 7.98. The van der Waals surface area contributed by atoms with E-state index in [4.69, 9.17) is 4.99 Å². The van der Waals surface area contributed by atoms with Gasteiger partial charge >= 0.3 is 0 Å². The number of aryl methyl sites for hydroxylation is 1. The Morgan fingerprint density at radius 2 is 1.81 bits per heavy atom. The van der Waals surface area contributed by atoms with Gasteiger partial charge in [-0.3, -0.25) is 4.90 Å². The Labute approximate surface area is 191 Å². The van der Waals surface area contributed by atoms with E-state index in [-0.39, 0.29) is 0 Å². The Kier molecular flexibility index (Phi) is 9.68. The Morgan fingerprint density at radius 3 is 2.48 bits per heavy atom. The molecule has 1 aliphatic rings. The second-order valence-electron chi connectivity index (χ2n) is 8.17. The number of thioether (sulfide) groups is 1. The molecular weight excluding hydrogens is 406 g/mol. The number of aliphatic imine (C=N–C) groups is 1. The molecule has 1 fully saturated rings. The van der Waals surface area contributed by atoms with Gasteiger partial charge in [-0.05, 0) is 62.4 Å². The van der Waals surface area contributed by atoms with Crippen LogP contribution >= 0.6 is 11.8 Å². The van der Waals surface area contributed by atoms with E-state index in [1.807, 2.05) is 30.3 Å². The number of nitrogens with one attached hydrogen (secondary N) is 2. The number of rotatable bonds is 10. The monoisotopic (exact) mass is 443 g/mol. The van der Waals surface area contributed by atoms with E-state index in [9.17, 15) is 0 Å². The summed E-state index contributed by atoms with van der Waals surface area (Å²) in [5.74, 6) is 3.77. The number of hydrogen-bond acceptors (Lipinski definition) is 5. The Balaban J connectivity index is 1.55. The van der Waals surface area contributed by atoms with Gasteiger partial charge in [-0.1, -0.05) is 30.7 Å². The van der Waals surface area contributed by atoms with Crippen molar-refractivity contribution in [2.24, 2.45) is 12.0 Å². The van der Waals surface area contributed by atoms with Crippen molar-refractivity contribution >= 4 is 17.7 Å². The third-order valence-corrected chi connectivity index (χ3v) is 6.41. The molecule has 1 aromatic heterocycles. The Bertz CT molecular complexity index is 810. The predicted octanol–water partition coefficient (Wildman–Crippen LogP) is 3.10. The fraction of sp³-hybridized carbons (Fsp3) is 0.609. The van der Waals surface area contributed by atoms with Crippen molar-refractivity contribution in [2.45, 2.75) is 52.2 Å². The van der Waals surface area contributed by atoms with Gasteiger partial charge in [-0.15, -0.1) is 10.2 Å². The number of nitrogens with zero attached hydrogens (tertiary/aromatic N) is 5. The largest absolute Gasteiger partial charge is 0.356 e. The van der Waals surface area contributed by atoms with Crippen LogP contribution in [0.25, 0.3) is 0 Å². The summed E-state index contributed by atoms with van der Waals surface area (Å²) in [5, 5.41) is 15.2. The first-order valence-corrected chi connectivity index (χ1v) is 12.7. The molecule has 1 aliphatic heterocycles. The first kappa shape index (κ1) is 23.6. The highest BCUT2D eigenvalue weighted by Crippen LogP contribution is 2.14. The Hall–Kier alpha value is -2.06. The van der Waals surface area contributed by atoms with Crippen LogP contribution in [0.1, 0.15) is 48.5 Å². The molecule has 8 heteroatoms. The van der Waals surface area contributed by atoms with E-state index in [0.717, 1.165) is 42.9 Å². The summed E-state index contributed by atoms with van der Waals surface area (Å²) in [6, 6.07) is 8.92. The second kappa shape index (κ2) is 12.7. The molecule has 0 saturated carbocycles. The van der Waals surface area contributed by atoms with Crippen molar-refractivity contribution < 1.29 is 0 Å². The lowest BCUT2D eigenvalue weighted by molar-refractivity contribution is 0.221. The molecule has 0 amide bonds. The maximum atomic E-state index is 4.81. The van der Waals surface area contributed by atoms with Gasteiger partial charge < -0.3 is 15.2 Å². The normalized spacial score (nSPS) is 15.3. The number of guanidine groups is 1. The third-order valence-electron chi connectivity index (χ3n) is 5.71. The molecule has 0 bridgehead atoms. The predicted molar refractivity (Wildman–Crippen MR) is 130 cm³/mol. The lowest BCUT2D eigenvalue weighted by Crippen LogP contribution is -2.38. The number of piperidine rings is 1. The first-order valence-electron chi connectivity index (χ1n) is 11.3. The Morgan fingerprint density at radius 1 is 1.06 bits per heavy atom. The molecule has 31 heavy (non-hydrogen) atoms. The summed E-state index contributed by atoms with van der Waals surface area (Å²) in [6.07, 6.45) is 7.29. The van der Waals surface area contributed by atoms with Crippen LogP contribution in [0.4, 0.5) is 0 Å². The van der Waals surface area contributed by atoms with Gasteiger partial charge in [-0.2, -0.15) is 11.8 Å². The molecule has 3 rings (SSSR count). The molecule has 0 radical (unpaired) electrons. The van der Waals surface area contributed by atoms with Crippen LogP contribution in [-0.4, -0.2) is 57.3 Å². The minimum absolute atomic E-state index is 0.598. The fourth-order valence-electron chi connectivity index (χ4n) is 3.66. The SMILES string of the molecule is CSCCCNC(=NCc1ccc(CN2CCCCC2)cc1)NCc1nnc(C)n1C. The third kappa shape index (κ3) is 7.85. The molecular formula is C23H37N7S. The molecule has 0 atom stereocenters. The smallest absolute Gasteiger partial charge is 0.191 e. The molecule has 1 saturated heterocycles. The zero-order chi connectivity index (χ0) is 21.9. The number of aromatic nitrogens is 3. The summed E-state index contributed by atoms with van der Waals surface area (Å²) < 4.78 is 2.00. The topological polar surface area (TPSA) is 70.4 Å². The van der Waals surface area contributed by atoms with E-state index in [1.54, 1.807) is 0 Å². The van der Waals surface area contributed by atoms with Crippen LogP contribution in [0.15, 0.2) is 29.3 Å². The van der Waals surface area contributed by atoms with Crippen LogP contribution < -0.4 is 10.6 Å². The molecule has 7 nitrogen and oxygen atoms in total. The van der Waals surface area contributed by atoms with Crippen LogP contribution in [0.3, 0.4) is 0 Å². The highest BCUT2D eigenvalue weighted by Gasteiger charge is 2.10. The van der Waals surface area contributed by atoms with Crippen LogP contribution in [-0.2, 0) is 26.7 Å². The minimum atomic E-state index is 0.598. The van der Waals surface area contributed by atoms with Gasteiger partial charge in [0.25, 0.3) is 0 Å². The van der Waals surface area contributed by atoms with Crippen molar-refractivity contribution in [3.63, 3.8) is 0 Å². The van der Waals surface area contributed by atoms with Crippen LogP contribution in [0.5, 0.6) is 0 Å². The molecule has 2 aromatic rings. The standard InChI is InChI=1S/C23H37N7S/c1-19-27-28-22(29(19)2)17-26-23(24-12-7-15-31-3)25-16-20-8-10-21(11-9-20)18-30-13-5-4-6-14-30/h8-11H,4-7,12-18H2,1-3H3,(H2,24,25,26). The van der Waals surface area contributed by atoms with E-state index >= 15 is 0 Å². The van der Waals surface area contributed by atoms with E-state index in [0.29, 0.717) is 13.1 Å². The number of hydrogen-bond donors (Lipinski definition) is 2. The van der Waals surface area contributed by atoms with E-state index < -0.39 is 0 Å². The van der Waals surface area contributed by atoms with Gasteiger partial charge in [0, 0.05) is 20.1 Å². The molecule has 2 heterocycles. The summed E-state index contributed by atoms with van der Waals surface area (Å²) in [6.45, 7) is 7.63. The molecule has 0 unspecified atom stereocenters. The first-order chi connectivity index (χ1) is 15.2. The molecule has 0 aliphatic carbocycles. The fourth-order valence-corrected chi connectivity index (χ4v) is 4.09. The van der Waals surface area contributed by atoms with E-state index in [1.165, 1.54) is 43.5 Å². The van der Waals surface area contributed by atoms with Gasteiger partial charge in [0.1, 0.15) is 5.82 Å². The molecule has 170 valence electrons. The van der Waals surface area contributed by atoms with Gasteiger partial charge in [-0.25, -0.2) is 4.99 Å². The zero-order valence-electron chi connectivity index (χ0n) is 19.2. The van der Waals surface area contributed by atoms with Crippen molar-refractivity contribution in [3.05, 3.63) is 47.0 Å². The quantitative estimate of drug-likeness (QED) is 0.334. The lowest BCUT2D eigenvalue weighted by atomic mass is 10.1. The average molecular weight is 444 g/mol. The van der Waals surface area contributed by atoms with E-state index in [2.05, 4.69) is 56.3 Å². The van der Waals surface area contributed by atoms with Crippen LogP contribution in [0, 0.1) is 6.92 Å². The number of likely N-dealkylation sites (tertiary alicyclic amines) is 1. The maximum Gasteiger partial charge on any atom is 0.191 e. The zero-order valence-corrected chi connectivity index (χ0v) is 20.0.